The van der Waals surface area contributed by atoms with Crippen molar-refractivity contribution in [2.24, 2.45) is 0 Å². The van der Waals surface area contributed by atoms with E-state index >= 15 is 0 Å². The maximum absolute atomic E-state index is 12.3. The molecule has 4 heteroatoms. The number of morpholine rings is 1. The fourth-order valence-corrected chi connectivity index (χ4v) is 2.38. The summed E-state index contributed by atoms with van der Waals surface area (Å²) in [4.78, 5) is 14.1. The molecule has 1 saturated heterocycles. The molecule has 92 valence electrons. The average Bonchev–Trinajstić information content (AvgIpc) is 2.28. The molecule has 0 aromatic heterocycles. The number of carbonyl (C=O) groups is 1. The Balaban J connectivity index is 2.11. The van der Waals surface area contributed by atoms with Crippen LogP contribution >= 0.6 is 15.9 Å². The fourth-order valence-electron chi connectivity index (χ4n) is 2.12. The van der Waals surface area contributed by atoms with Crippen LogP contribution in [-0.4, -0.2) is 36.1 Å². The number of carbonyl (C=O) groups excluding carboxylic acids is 1. The van der Waals surface area contributed by atoms with Crippen molar-refractivity contribution in [3.63, 3.8) is 0 Å². The summed E-state index contributed by atoms with van der Waals surface area (Å²) in [7, 11) is 0. The third kappa shape index (κ3) is 3.07. The van der Waals surface area contributed by atoms with E-state index < -0.39 is 0 Å². The Kier molecular flexibility index (Phi) is 3.84. The van der Waals surface area contributed by atoms with Crippen molar-refractivity contribution in [2.75, 3.05) is 13.1 Å². The largest absolute Gasteiger partial charge is 0.372 e. The van der Waals surface area contributed by atoms with Gasteiger partial charge < -0.3 is 9.64 Å². The average molecular weight is 298 g/mol. The van der Waals surface area contributed by atoms with Crippen LogP contribution in [0.15, 0.2) is 28.7 Å². The van der Waals surface area contributed by atoms with Crippen molar-refractivity contribution in [3.8, 4) is 0 Å². The number of hydrogen-bond donors (Lipinski definition) is 0. The Hall–Kier alpha value is -0.870. The second-order valence-electron chi connectivity index (χ2n) is 4.47. The van der Waals surface area contributed by atoms with E-state index in [0.717, 1.165) is 10.0 Å². The van der Waals surface area contributed by atoms with Gasteiger partial charge in [0.2, 0.25) is 0 Å². The van der Waals surface area contributed by atoms with Crippen LogP contribution in [0.3, 0.4) is 0 Å². The van der Waals surface area contributed by atoms with E-state index in [-0.39, 0.29) is 18.1 Å². The van der Waals surface area contributed by atoms with Gasteiger partial charge in [-0.2, -0.15) is 0 Å². The highest BCUT2D eigenvalue weighted by atomic mass is 79.9. The van der Waals surface area contributed by atoms with Gasteiger partial charge in [-0.15, -0.1) is 0 Å². The number of amides is 1. The molecule has 0 radical (unpaired) electrons. The molecular weight excluding hydrogens is 282 g/mol. The first kappa shape index (κ1) is 12.6. The molecule has 17 heavy (non-hydrogen) atoms. The molecule has 1 heterocycles. The molecule has 0 unspecified atom stereocenters. The maximum Gasteiger partial charge on any atom is 0.254 e. The quantitative estimate of drug-likeness (QED) is 0.798. The number of benzene rings is 1. The smallest absolute Gasteiger partial charge is 0.254 e. The van der Waals surface area contributed by atoms with Gasteiger partial charge in [0.05, 0.1) is 12.2 Å². The summed E-state index contributed by atoms with van der Waals surface area (Å²) in [6.07, 6.45) is 0.219. The minimum Gasteiger partial charge on any atom is -0.372 e. The zero-order valence-electron chi connectivity index (χ0n) is 10.0. The minimum atomic E-state index is 0.0829. The van der Waals surface area contributed by atoms with Crippen LogP contribution in [0.4, 0.5) is 0 Å². The standard InChI is InChI=1S/C13H16BrNO2/c1-9-7-15(8-10(2)17-9)13(16)11-3-5-12(14)6-4-11/h3-6,9-10H,7-8H2,1-2H3/t9-,10+. The van der Waals surface area contributed by atoms with E-state index in [1.54, 1.807) is 0 Å². The van der Waals surface area contributed by atoms with Gasteiger partial charge in [-0.25, -0.2) is 0 Å². The summed E-state index contributed by atoms with van der Waals surface area (Å²) < 4.78 is 6.60. The highest BCUT2D eigenvalue weighted by Gasteiger charge is 2.26. The zero-order valence-corrected chi connectivity index (χ0v) is 11.6. The first-order chi connectivity index (χ1) is 8.06. The summed E-state index contributed by atoms with van der Waals surface area (Å²) in [6, 6.07) is 7.47. The van der Waals surface area contributed by atoms with Crippen LogP contribution in [0.1, 0.15) is 24.2 Å². The number of ether oxygens (including phenoxy) is 1. The van der Waals surface area contributed by atoms with Crippen LogP contribution in [0, 0.1) is 0 Å². The zero-order chi connectivity index (χ0) is 12.4. The number of rotatable bonds is 1. The molecule has 1 aliphatic heterocycles. The lowest BCUT2D eigenvalue weighted by Gasteiger charge is -2.35. The molecule has 0 aliphatic carbocycles. The summed E-state index contributed by atoms with van der Waals surface area (Å²) in [5.41, 5.74) is 0.731. The van der Waals surface area contributed by atoms with Crippen molar-refractivity contribution in [1.29, 1.82) is 0 Å². The molecule has 0 bridgehead atoms. The molecule has 1 amide bonds. The summed E-state index contributed by atoms with van der Waals surface area (Å²) in [5.74, 6) is 0.0829. The number of halogens is 1. The second kappa shape index (κ2) is 5.19. The Bertz CT molecular complexity index is 394. The molecule has 0 N–H and O–H groups in total. The van der Waals surface area contributed by atoms with Gasteiger partial charge >= 0.3 is 0 Å². The molecule has 0 spiro atoms. The molecular formula is C13H16BrNO2. The van der Waals surface area contributed by atoms with Crippen molar-refractivity contribution in [2.45, 2.75) is 26.1 Å². The van der Waals surface area contributed by atoms with E-state index in [1.807, 2.05) is 43.0 Å². The number of hydrogen-bond acceptors (Lipinski definition) is 2. The lowest BCUT2D eigenvalue weighted by Crippen LogP contribution is -2.48. The monoisotopic (exact) mass is 297 g/mol. The van der Waals surface area contributed by atoms with Crippen molar-refractivity contribution < 1.29 is 9.53 Å². The predicted octanol–water partition coefficient (Wildman–Crippen LogP) is 2.70. The van der Waals surface area contributed by atoms with Gasteiger partial charge in [-0.05, 0) is 38.1 Å². The molecule has 1 fully saturated rings. The van der Waals surface area contributed by atoms with Gasteiger partial charge in [0.25, 0.3) is 5.91 Å². The normalized spacial score (nSPS) is 24.8. The molecule has 2 rings (SSSR count). The SMILES string of the molecule is C[C@@H]1CN(C(=O)c2ccc(Br)cc2)C[C@H](C)O1. The third-order valence-electron chi connectivity index (χ3n) is 2.80. The van der Waals surface area contributed by atoms with E-state index in [0.29, 0.717) is 13.1 Å². The van der Waals surface area contributed by atoms with Crippen LogP contribution in [0.2, 0.25) is 0 Å². The van der Waals surface area contributed by atoms with Gasteiger partial charge in [0.1, 0.15) is 0 Å². The molecule has 0 saturated carbocycles. The Morgan fingerprint density at radius 3 is 2.29 bits per heavy atom. The van der Waals surface area contributed by atoms with Crippen LogP contribution < -0.4 is 0 Å². The van der Waals surface area contributed by atoms with Gasteiger partial charge in [0.15, 0.2) is 0 Å². The van der Waals surface area contributed by atoms with Crippen LogP contribution in [0.25, 0.3) is 0 Å². The summed E-state index contributed by atoms with van der Waals surface area (Å²) in [5, 5.41) is 0. The molecule has 3 nitrogen and oxygen atoms in total. The number of nitrogens with zero attached hydrogens (tertiary/aromatic N) is 1. The molecule has 1 aromatic rings. The van der Waals surface area contributed by atoms with E-state index in [4.69, 9.17) is 4.74 Å². The van der Waals surface area contributed by atoms with E-state index in [1.165, 1.54) is 0 Å². The maximum atomic E-state index is 12.3. The first-order valence-corrected chi connectivity index (χ1v) is 6.56. The van der Waals surface area contributed by atoms with Crippen LogP contribution in [0.5, 0.6) is 0 Å². The Morgan fingerprint density at radius 1 is 1.24 bits per heavy atom. The van der Waals surface area contributed by atoms with Gasteiger partial charge in [0, 0.05) is 23.1 Å². The highest BCUT2D eigenvalue weighted by molar-refractivity contribution is 9.10. The second-order valence-corrected chi connectivity index (χ2v) is 5.39. The summed E-state index contributed by atoms with van der Waals surface area (Å²) in [6.45, 7) is 5.33. The predicted molar refractivity (Wildman–Crippen MR) is 70.1 cm³/mol. The Labute approximate surface area is 110 Å². The van der Waals surface area contributed by atoms with Crippen molar-refractivity contribution in [1.82, 2.24) is 4.90 Å². The molecule has 2 atom stereocenters. The van der Waals surface area contributed by atoms with Gasteiger partial charge in [-0.1, -0.05) is 15.9 Å². The Morgan fingerprint density at radius 2 is 1.76 bits per heavy atom. The topological polar surface area (TPSA) is 29.5 Å². The minimum absolute atomic E-state index is 0.0829. The lowest BCUT2D eigenvalue weighted by molar-refractivity contribution is -0.0586. The van der Waals surface area contributed by atoms with Crippen molar-refractivity contribution in [3.05, 3.63) is 34.3 Å². The van der Waals surface area contributed by atoms with E-state index in [9.17, 15) is 4.79 Å². The molecule has 1 aliphatic rings. The fraction of sp³-hybridized carbons (Fsp3) is 0.462. The van der Waals surface area contributed by atoms with E-state index in [2.05, 4.69) is 15.9 Å². The van der Waals surface area contributed by atoms with Gasteiger partial charge in [-0.3, -0.25) is 4.79 Å². The first-order valence-electron chi connectivity index (χ1n) is 5.76. The highest BCUT2D eigenvalue weighted by Crippen LogP contribution is 2.16. The summed E-state index contributed by atoms with van der Waals surface area (Å²) >= 11 is 3.36. The van der Waals surface area contributed by atoms with Crippen LogP contribution in [-0.2, 0) is 4.74 Å². The third-order valence-corrected chi connectivity index (χ3v) is 3.33. The van der Waals surface area contributed by atoms with Crippen molar-refractivity contribution >= 4 is 21.8 Å². The lowest BCUT2D eigenvalue weighted by atomic mass is 10.1. The molecule has 1 aromatic carbocycles.